The van der Waals surface area contributed by atoms with Gasteiger partial charge in [-0.05, 0) is 27.2 Å². The third kappa shape index (κ3) is 3.28. The average molecular weight is 383 g/mol. The number of imidazole rings is 1. The van der Waals surface area contributed by atoms with Gasteiger partial charge >= 0.3 is 6.09 Å². The first-order chi connectivity index (χ1) is 13.2. The molecular formula is C19H25N7O2. The van der Waals surface area contributed by atoms with E-state index in [1.54, 1.807) is 15.8 Å². The van der Waals surface area contributed by atoms with Crippen molar-refractivity contribution in [3.8, 4) is 11.3 Å². The number of likely N-dealkylation sites (tertiary alicyclic amines) is 1. The second-order valence-electron chi connectivity index (χ2n) is 8.17. The first-order valence-electron chi connectivity index (χ1n) is 9.32. The second-order valence-corrected chi connectivity index (χ2v) is 8.17. The normalized spacial score (nSPS) is 17.4. The Morgan fingerprint density at radius 2 is 2.14 bits per heavy atom. The molecule has 4 heterocycles. The van der Waals surface area contributed by atoms with Gasteiger partial charge in [0.2, 0.25) is 0 Å². The van der Waals surface area contributed by atoms with E-state index in [0.29, 0.717) is 24.6 Å². The number of aromatic nitrogens is 5. The summed E-state index contributed by atoms with van der Waals surface area (Å²) in [5.74, 6) is 0.461. The fourth-order valence-corrected chi connectivity index (χ4v) is 3.60. The summed E-state index contributed by atoms with van der Waals surface area (Å²) in [6.07, 6.45) is 7.79. The lowest BCUT2D eigenvalue weighted by molar-refractivity contribution is 0.0292. The van der Waals surface area contributed by atoms with Gasteiger partial charge in [0.05, 0.1) is 17.6 Å². The number of rotatable bonds is 2. The maximum absolute atomic E-state index is 12.5. The molecule has 1 amide bonds. The number of aryl methyl sites for hydroxylation is 1. The molecule has 1 aliphatic rings. The standard InChI is InChI=1S/C19H25N7O2/c1-19(2,3)28-18(27)25-7-5-12(11-25)14-15(13-9-22-24(4)10-13)26-8-6-21-16(20)17(26)23-14/h6,8-10,12H,5,7,11H2,1-4H3,(H2,20,21). The van der Waals surface area contributed by atoms with Gasteiger partial charge in [0.25, 0.3) is 0 Å². The number of amides is 1. The minimum atomic E-state index is -0.515. The van der Waals surface area contributed by atoms with E-state index in [1.807, 2.05) is 50.8 Å². The van der Waals surface area contributed by atoms with Crippen LogP contribution in [-0.4, -0.2) is 53.8 Å². The molecule has 1 unspecified atom stereocenters. The minimum Gasteiger partial charge on any atom is -0.444 e. The van der Waals surface area contributed by atoms with Crippen LogP contribution in [-0.2, 0) is 11.8 Å². The molecule has 1 fully saturated rings. The van der Waals surface area contributed by atoms with Crippen molar-refractivity contribution in [2.45, 2.75) is 38.7 Å². The van der Waals surface area contributed by atoms with Crippen LogP contribution in [0.3, 0.4) is 0 Å². The lowest BCUT2D eigenvalue weighted by Gasteiger charge is -2.24. The first-order valence-corrected chi connectivity index (χ1v) is 9.32. The van der Waals surface area contributed by atoms with Crippen LogP contribution in [0.2, 0.25) is 0 Å². The Bertz CT molecular complexity index is 1030. The Balaban J connectivity index is 1.71. The van der Waals surface area contributed by atoms with E-state index in [1.165, 1.54) is 0 Å². The second kappa shape index (κ2) is 6.50. The van der Waals surface area contributed by atoms with Crippen molar-refractivity contribution in [1.29, 1.82) is 0 Å². The van der Waals surface area contributed by atoms with Crippen LogP contribution in [0.1, 0.15) is 38.8 Å². The van der Waals surface area contributed by atoms with E-state index >= 15 is 0 Å². The highest BCUT2D eigenvalue weighted by Gasteiger charge is 2.34. The number of nitrogen functional groups attached to an aromatic ring is 1. The SMILES string of the molecule is Cn1cc(-c2c(C3CCN(C(=O)OC(C)(C)C)C3)nc3c(N)nccn23)cn1. The molecule has 0 aliphatic carbocycles. The number of nitrogens with two attached hydrogens (primary N) is 1. The topological polar surface area (TPSA) is 104 Å². The van der Waals surface area contributed by atoms with Crippen LogP contribution in [0, 0.1) is 0 Å². The van der Waals surface area contributed by atoms with E-state index in [2.05, 4.69) is 10.1 Å². The van der Waals surface area contributed by atoms with Crippen LogP contribution in [0.15, 0.2) is 24.8 Å². The molecule has 9 heteroatoms. The summed E-state index contributed by atoms with van der Waals surface area (Å²) in [6.45, 7) is 6.80. The Morgan fingerprint density at radius 1 is 1.36 bits per heavy atom. The maximum atomic E-state index is 12.5. The van der Waals surface area contributed by atoms with Gasteiger partial charge in [-0.25, -0.2) is 14.8 Å². The summed E-state index contributed by atoms with van der Waals surface area (Å²) < 4.78 is 9.22. The van der Waals surface area contributed by atoms with E-state index in [9.17, 15) is 4.79 Å². The Kier molecular flexibility index (Phi) is 4.24. The van der Waals surface area contributed by atoms with Gasteiger partial charge in [-0.2, -0.15) is 5.10 Å². The Labute approximate surface area is 163 Å². The quantitative estimate of drug-likeness (QED) is 0.729. The highest BCUT2D eigenvalue weighted by Crippen LogP contribution is 2.36. The van der Waals surface area contributed by atoms with E-state index in [4.69, 9.17) is 15.5 Å². The molecule has 3 aromatic heterocycles. The molecule has 28 heavy (non-hydrogen) atoms. The molecule has 0 radical (unpaired) electrons. The third-order valence-corrected chi connectivity index (χ3v) is 4.80. The molecule has 3 aromatic rings. The van der Waals surface area contributed by atoms with Gasteiger partial charge in [-0.1, -0.05) is 0 Å². The zero-order valence-electron chi connectivity index (χ0n) is 16.6. The van der Waals surface area contributed by atoms with Crippen molar-refractivity contribution in [2.24, 2.45) is 7.05 Å². The van der Waals surface area contributed by atoms with Crippen molar-refractivity contribution >= 4 is 17.6 Å². The lowest BCUT2D eigenvalue weighted by atomic mass is 10.0. The van der Waals surface area contributed by atoms with E-state index < -0.39 is 5.60 Å². The molecule has 0 spiro atoms. The number of hydrogen-bond donors (Lipinski definition) is 1. The summed E-state index contributed by atoms with van der Waals surface area (Å²) in [7, 11) is 1.88. The molecule has 0 aromatic carbocycles. The number of hydrogen-bond acceptors (Lipinski definition) is 6. The van der Waals surface area contributed by atoms with Crippen LogP contribution >= 0.6 is 0 Å². The highest BCUT2D eigenvalue weighted by atomic mass is 16.6. The van der Waals surface area contributed by atoms with Gasteiger partial charge in [-0.15, -0.1) is 0 Å². The van der Waals surface area contributed by atoms with Gasteiger partial charge < -0.3 is 15.4 Å². The van der Waals surface area contributed by atoms with Crippen LogP contribution in [0.4, 0.5) is 10.6 Å². The average Bonchev–Trinajstić information content (AvgIpc) is 3.30. The summed E-state index contributed by atoms with van der Waals surface area (Å²) in [5.41, 5.74) is 8.96. The third-order valence-electron chi connectivity index (χ3n) is 4.80. The van der Waals surface area contributed by atoms with Gasteiger partial charge in [0.15, 0.2) is 11.5 Å². The van der Waals surface area contributed by atoms with Crippen molar-refractivity contribution in [3.05, 3.63) is 30.5 Å². The number of carbonyl (C=O) groups excluding carboxylic acids is 1. The molecule has 0 saturated carbocycles. The molecule has 4 rings (SSSR count). The van der Waals surface area contributed by atoms with E-state index in [-0.39, 0.29) is 12.0 Å². The molecule has 1 atom stereocenters. The molecule has 9 nitrogen and oxygen atoms in total. The number of fused-ring (bicyclic) bond motifs is 1. The number of anilines is 1. The van der Waals surface area contributed by atoms with Crippen LogP contribution < -0.4 is 5.73 Å². The minimum absolute atomic E-state index is 0.0852. The Morgan fingerprint density at radius 3 is 2.82 bits per heavy atom. The molecule has 1 saturated heterocycles. The number of nitrogens with zero attached hydrogens (tertiary/aromatic N) is 6. The van der Waals surface area contributed by atoms with Crippen molar-refractivity contribution in [2.75, 3.05) is 18.8 Å². The summed E-state index contributed by atoms with van der Waals surface area (Å²) >= 11 is 0. The van der Waals surface area contributed by atoms with Gasteiger partial charge in [-0.3, -0.25) is 9.08 Å². The van der Waals surface area contributed by atoms with Crippen LogP contribution in [0.25, 0.3) is 16.9 Å². The van der Waals surface area contributed by atoms with Gasteiger partial charge in [0, 0.05) is 50.2 Å². The predicted molar refractivity (Wildman–Crippen MR) is 105 cm³/mol. The maximum Gasteiger partial charge on any atom is 0.410 e. The molecular weight excluding hydrogens is 358 g/mol. The molecule has 2 N–H and O–H groups in total. The molecule has 148 valence electrons. The summed E-state index contributed by atoms with van der Waals surface area (Å²) in [6, 6.07) is 0. The zero-order chi connectivity index (χ0) is 20.1. The number of carbonyl (C=O) groups is 1. The molecule has 0 bridgehead atoms. The first kappa shape index (κ1) is 18.3. The highest BCUT2D eigenvalue weighted by molar-refractivity contribution is 5.73. The largest absolute Gasteiger partial charge is 0.444 e. The fraction of sp³-hybridized carbons (Fsp3) is 0.474. The van der Waals surface area contributed by atoms with Crippen LogP contribution in [0.5, 0.6) is 0 Å². The fourth-order valence-electron chi connectivity index (χ4n) is 3.60. The van der Waals surface area contributed by atoms with Crippen molar-refractivity contribution in [1.82, 2.24) is 29.0 Å². The zero-order valence-corrected chi connectivity index (χ0v) is 16.6. The lowest BCUT2D eigenvalue weighted by Crippen LogP contribution is -2.35. The Hall–Kier alpha value is -3.10. The van der Waals surface area contributed by atoms with Crippen molar-refractivity contribution < 1.29 is 9.53 Å². The summed E-state index contributed by atoms with van der Waals surface area (Å²) in [5, 5.41) is 4.30. The monoisotopic (exact) mass is 383 g/mol. The predicted octanol–water partition coefficient (Wildman–Crippen LogP) is 2.44. The summed E-state index contributed by atoms with van der Waals surface area (Å²) in [4.78, 5) is 23.2. The number of ether oxygens (including phenoxy) is 1. The molecule has 1 aliphatic heterocycles. The van der Waals surface area contributed by atoms with Crippen molar-refractivity contribution in [3.63, 3.8) is 0 Å². The smallest absolute Gasteiger partial charge is 0.410 e. The van der Waals surface area contributed by atoms with Gasteiger partial charge in [0.1, 0.15) is 5.60 Å². The van der Waals surface area contributed by atoms with E-state index in [0.717, 1.165) is 23.4 Å².